The summed E-state index contributed by atoms with van der Waals surface area (Å²) >= 11 is 6.23. The van der Waals surface area contributed by atoms with E-state index < -0.39 is 0 Å². The van der Waals surface area contributed by atoms with Crippen LogP contribution in [0.5, 0.6) is 0 Å². The number of nitrogens with one attached hydrogen (secondary N) is 1. The molecule has 0 aliphatic carbocycles. The van der Waals surface area contributed by atoms with Crippen molar-refractivity contribution in [3.8, 4) is 0 Å². The Morgan fingerprint density at radius 2 is 1.68 bits per heavy atom. The van der Waals surface area contributed by atoms with Crippen molar-refractivity contribution in [2.24, 2.45) is 0 Å². The molecule has 0 spiro atoms. The Morgan fingerprint density at radius 1 is 0.864 bits per heavy atom. The Labute approximate surface area is 134 Å². The Bertz CT molecular complexity index is 870. The summed E-state index contributed by atoms with van der Waals surface area (Å²) < 4.78 is 0. The molecular formula is C19H13ClN2. The molecule has 22 heavy (non-hydrogen) atoms. The molecule has 0 fully saturated rings. The molecule has 3 aromatic rings. The molecule has 0 atom stereocenters. The van der Waals surface area contributed by atoms with Crippen molar-refractivity contribution in [3.63, 3.8) is 0 Å². The highest BCUT2D eigenvalue weighted by atomic mass is 35.5. The summed E-state index contributed by atoms with van der Waals surface area (Å²) in [6, 6.07) is 18.2. The second kappa shape index (κ2) is 5.32. The first-order valence-electron chi connectivity index (χ1n) is 7.09. The number of halogens is 1. The minimum Gasteiger partial charge on any atom is -0.355 e. The van der Waals surface area contributed by atoms with Crippen LogP contribution in [0.4, 0.5) is 11.4 Å². The van der Waals surface area contributed by atoms with Gasteiger partial charge in [-0.1, -0.05) is 29.8 Å². The monoisotopic (exact) mass is 304 g/mol. The first-order valence-corrected chi connectivity index (χ1v) is 7.47. The molecule has 0 saturated heterocycles. The second-order valence-electron chi connectivity index (χ2n) is 5.20. The molecule has 4 rings (SSSR count). The van der Waals surface area contributed by atoms with Crippen LogP contribution in [0.2, 0.25) is 5.02 Å². The number of hydrogen-bond donors (Lipinski definition) is 1. The van der Waals surface area contributed by atoms with Gasteiger partial charge < -0.3 is 5.32 Å². The van der Waals surface area contributed by atoms with Gasteiger partial charge in [0.25, 0.3) is 0 Å². The minimum atomic E-state index is 0.728. The summed E-state index contributed by atoms with van der Waals surface area (Å²) in [5.74, 6) is 0. The van der Waals surface area contributed by atoms with Gasteiger partial charge in [0.05, 0.1) is 0 Å². The van der Waals surface area contributed by atoms with Gasteiger partial charge in [0.15, 0.2) is 0 Å². The highest BCUT2D eigenvalue weighted by Gasteiger charge is 2.16. The van der Waals surface area contributed by atoms with Gasteiger partial charge in [0, 0.05) is 34.4 Å². The van der Waals surface area contributed by atoms with Gasteiger partial charge in [-0.3, -0.25) is 4.98 Å². The van der Waals surface area contributed by atoms with Gasteiger partial charge >= 0.3 is 0 Å². The molecule has 1 aliphatic heterocycles. The zero-order chi connectivity index (χ0) is 14.9. The minimum absolute atomic E-state index is 0.728. The van der Waals surface area contributed by atoms with Crippen molar-refractivity contribution in [1.29, 1.82) is 0 Å². The van der Waals surface area contributed by atoms with Gasteiger partial charge in [-0.2, -0.15) is 0 Å². The third-order valence-electron chi connectivity index (χ3n) is 3.79. The van der Waals surface area contributed by atoms with E-state index in [2.05, 4.69) is 28.5 Å². The Balaban J connectivity index is 2.01. The molecule has 2 nitrogen and oxygen atoms in total. The fourth-order valence-electron chi connectivity index (χ4n) is 2.73. The van der Waals surface area contributed by atoms with E-state index in [4.69, 9.17) is 11.6 Å². The van der Waals surface area contributed by atoms with Crippen molar-refractivity contribution in [2.45, 2.75) is 0 Å². The van der Waals surface area contributed by atoms with Crippen molar-refractivity contribution >= 4 is 34.6 Å². The maximum absolute atomic E-state index is 6.23. The molecule has 1 aliphatic rings. The molecule has 0 amide bonds. The standard InChI is InChI=1S/C19H13ClN2/c20-15-5-6-19-17(12-15)16(13-7-9-21-10-8-13)11-14-3-1-2-4-18(14)22-19/h1-12,22H. The number of para-hydroxylation sites is 1. The van der Waals surface area contributed by atoms with Crippen molar-refractivity contribution in [3.05, 3.63) is 88.7 Å². The number of hydrogen-bond acceptors (Lipinski definition) is 2. The fourth-order valence-corrected chi connectivity index (χ4v) is 2.91. The Hall–Kier alpha value is -2.58. The van der Waals surface area contributed by atoms with E-state index in [0.717, 1.165) is 38.7 Å². The largest absolute Gasteiger partial charge is 0.355 e. The lowest BCUT2D eigenvalue weighted by atomic mass is 9.96. The summed E-state index contributed by atoms with van der Waals surface area (Å²) in [5, 5.41) is 4.23. The van der Waals surface area contributed by atoms with Crippen LogP contribution in [0.15, 0.2) is 67.0 Å². The summed E-state index contributed by atoms with van der Waals surface area (Å²) in [6.07, 6.45) is 5.81. The predicted molar refractivity (Wildman–Crippen MR) is 92.4 cm³/mol. The SMILES string of the molecule is Clc1ccc2c(c1)C(c1ccncc1)=Cc1ccccc1N2. The zero-order valence-corrected chi connectivity index (χ0v) is 12.5. The van der Waals surface area contributed by atoms with Gasteiger partial charge in [-0.15, -0.1) is 0 Å². The smallest absolute Gasteiger partial charge is 0.0465 e. The highest BCUT2D eigenvalue weighted by molar-refractivity contribution is 6.31. The third kappa shape index (κ3) is 2.28. The van der Waals surface area contributed by atoms with Crippen molar-refractivity contribution < 1.29 is 0 Å². The first-order chi connectivity index (χ1) is 10.8. The second-order valence-corrected chi connectivity index (χ2v) is 5.63. The van der Waals surface area contributed by atoms with Crippen molar-refractivity contribution in [1.82, 2.24) is 4.98 Å². The molecule has 106 valence electrons. The fraction of sp³-hybridized carbons (Fsp3) is 0. The summed E-state index contributed by atoms with van der Waals surface area (Å²) in [4.78, 5) is 4.11. The normalized spacial score (nSPS) is 12.5. The van der Waals surface area contributed by atoms with Crippen LogP contribution in [-0.2, 0) is 0 Å². The molecule has 2 aromatic carbocycles. The van der Waals surface area contributed by atoms with Crippen LogP contribution in [0, 0.1) is 0 Å². The maximum atomic E-state index is 6.23. The molecule has 1 N–H and O–H groups in total. The number of benzene rings is 2. The number of anilines is 2. The van der Waals surface area contributed by atoms with Crippen LogP contribution < -0.4 is 5.32 Å². The molecule has 0 bridgehead atoms. The topological polar surface area (TPSA) is 24.9 Å². The number of rotatable bonds is 1. The van der Waals surface area contributed by atoms with E-state index >= 15 is 0 Å². The van der Waals surface area contributed by atoms with Crippen LogP contribution >= 0.6 is 11.6 Å². The Kier molecular flexibility index (Phi) is 3.17. The van der Waals surface area contributed by atoms with Crippen LogP contribution in [0.3, 0.4) is 0 Å². The van der Waals surface area contributed by atoms with Crippen LogP contribution in [-0.4, -0.2) is 4.98 Å². The van der Waals surface area contributed by atoms with Gasteiger partial charge in [-0.25, -0.2) is 0 Å². The summed E-state index contributed by atoms with van der Waals surface area (Å²) in [5.41, 5.74) is 6.65. The molecule has 1 aromatic heterocycles. The molecular weight excluding hydrogens is 292 g/mol. The summed E-state index contributed by atoms with van der Waals surface area (Å²) in [6.45, 7) is 0. The van der Waals surface area contributed by atoms with E-state index in [-0.39, 0.29) is 0 Å². The first kappa shape index (κ1) is 13.1. The maximum Gasteiger partial charge on any atom is 0.0465 e. The lowest BCUT2D eigenvalue weighted by Crippen LogP contribution is -1.94. The van der Waals surface area contributed by atoms with Crippen LogP contribution in [0.1, 0.15) is 16.7 Å². The van der Waals surface area contributed by atoms with E-state index in [1.54, 1.807) is 0 Å². The Morgan fingerprint density at radius 3 is 2.55 bits per heavy atom. The van der Waals surface area contributed by atoms with E-state index in [1.807, 2.05) is 54.9 Å². The van der Waals surface area contributed by atoms with Gasteiger partial charge in [0.2, 0.25) is 0 Å². The lowest BCUT2D eigenvalue weighted by Gasteiger charge is -2.12. The van der Waals surface area contributed by atoms with Gasteiger partial charge in [-0.05, 0) is 59.2 Å². The number of pyridine rings is 1. The number of nitrogens with zero attached hydrogens (tertiary/aromatic N) is 1. The number of fused-ring (bicyclic) bond motifs is 2. The van der Waals surface area contributed by atoms with E-state index in [1.165, 1.54) is 0 Å². The van der Waals surface area contributed by atoms with E-state index in [9.17, 15) is 0 Å². The van der Waals surface area contributed by atoms with Gasteiger partial charge in [0.1, 0.15) is 0 Å². The lowest BCUT2D eigenvalue weighted by molar-refractivity contribution is 1.32. The highest BCUT2D eigenvalue weighted by Crippen LogP contribution is 2.38. The predicted octanol–water partition coefficient (Wildman–Crippen LogP) is 5.38. The molecule has 0 saturated carbocycles. The molecule has 0 radical (unpaired) electrons. The zero-order valence-electron chi connectivity index (χ0n) is 11.8. The quantitative estimate of drug-likeness (QED) is 0.510. The third-order valence-corrected chi connectivity index (χ3v) is 4.03. The number of aromatic nitrogens is 1. The average Bonchev–Trinajstić information content (AvgIpc) is 2.72. The molecule has 3 heteroatoms. The molecule has 2 heterocycles. The van der Waals surface area contributed by atoms with E-state index in [0.29, 0.717) is 0 Å². The molecule has 0 unspecified atom stereocenters. The van der Waals surface area contributed by atoms with Crippen LogP contribution in [0.25, 0.3) is 11.6 Å². The summed E-state index contributed by atoms with van der Waals surface area (Å²) in [7, 11) is 0. The van der Waals surface area contributed by atoms with Crippen molar-refractivity contribution in [2.75, 3.05) is 5.32 Å². The average molecular weight is 305 g/mol.